The molecule has 0 aromatic rings. The molecule has 0 aliphatic heterocycles. The Balaban J connectivity index is 4.24. The molecule has 0 bridgehead atoms. The van der Waals surface area contributed by atoms with Crippen LogP contribution in [0.25, 0.3) is 0 Å². The van der Waals surface area contributed by atoms with Gasteiger partial charge in [-0.2, -0.15) is 0 Å². The van der Waals surface area contributed by atoms with Gasteiger partial charge < -0.3 is 20.9 Å². The molecule has 0 aliphatic rings. The lowest BCUT2D eigenvalue weighted by molar-refractivity contribution is -0.141. The molecular weight excluding hydrogens is 312 g/mol. The summed E-state index contributed by atoms with van der Waals surface area (Å²) in [6, 6.07) is -0.649. The average Bonchev–Trinajstić information content (AvgIpc) is 2.56. The van der Waals surface area contributed by atoms with E-state index in [0.29, 0.717) is 13.0 Å². The highest BCUT2D eigenvalue weighted by Crippen LogP contribution is 2.12. The quantitative estimate of drug-likeness (QED) is 0.471. The third-order valence-corrected chi connectivity index (χ3v) is 3.87. The zero-order chi connectivity index (χ0) is 18.7. The molecule has 0 aromatic carbocycles. The van der Waals surface area contributed by atoms with E-state index in [1.54, 1.807) is 14.0 Å². The standard InChI is InChI=1S/C16H30N4O4/c1-11(8-6-7-9-18-13(3)21)16(24)20(5)12(2)15(23)19-10-14(22)17-4/h11-12H,6-10H2,1-5H3,(H,17,22)(H,18,21)(H,19,23)/t11?,12-/m0/s1. The SMILES string of the molecule is CNC(=O)CNC(=O)[C@H](C)N(C)C(=O)C(C)CCCCNC(C)=O. The highest BCUT2D eigenvalue weighted by molar-refractivity contribution is 5.90. The Hall–Kier alpha value is -2.12. The van der Waals surface area contributed by atoms with Crippen molar-refractivity contribution in [3.63, 3.8) is 0 Å². The van der Waals surface area contributed by atoms with E-state index in [4.69, 9.17) is 0 Å². The largest absolute Gasteiger partial charge is 0.358 e. The van der Waals surface area contributed by atoms with Gasteiger partial charge in [-0.3, -0.25) is 19.2 Å². The van der Waals surface area contributed by atoms with E-state index < -0.39 is 6.04 Å². The molecule has 3 N–H and O–H groups in total. The van der Waals surface area contributed by atoms with Gasteiger partial charge in [0.2, 0.25) is 23.6 Å². The summed E-state index contributed by atoms with van der Waals surface area (Å²) in [5.41, 5.74) is 0. The lowest BCUT2D eigenvalue weighted by Gasteiger charge is -2.27. The second-order valence-electron chi connectivity index (χ2n) is 5.90. The molecule has 138 valence electrons. The molecule has 0 aliphatic carbocycles. The molecule has 24 heavy (non-hydrogen) atoms. The molecule has 2 atom stereocenters. The number of carbonyl (C=O) groups excluding carboxylic acids is 4. The van der Waals surface area contributed by atoms with Gasteiger partial charge in [0.15, 0.2) is 0 Å². The van der Waals surface area contributed by atoms with Crippen molar-refractivity contribution in [2.75, 3.05) is 27.2 Å². The molecule has 0 spiro atoms. The number of hydrogen-bond acceptors (Lipinski definition) is 4. The number of rotatable bonds is 10. The molecule has 0 radical (unpaired) electrons. The monoisotopic (exact) mass is 342 g/mol. The fourth-order valence-corrected chi connectivity index (χ4v) is 2.08. The molecule has 0 saturated carbocycles. The minimum Gasteiger partial charge on any atom is -0.358 e. The van der Waals surface area contributed by atoms with Gasteiger partial charge >= 0.3 is 0 Å². The third-order valence-electron chi connectivity index (χ3n) is 3.87. The Kier molecular flexibility index (Phi) is 10.4. The van der Waals surface area contributed by atoms with Crippen LogP contribution in [0.5, 0.6) is 0 Å². The second-order valence-corrected chi connectivity index (χ2v) is 5.90. The maximum Gasteiger partial charge on any atom is 0.242 e. The minimum absolute atomic E-state index is 0.0598. The van der Waals surface area contributed by atoms with Gasteiger partial charge in [-0.1, -0.05) is 13.3 Å². The van der Waals surface area contributed by atoms with Crippen LogP contribution >= 0.6 is 0 Å². The van der Waals surface area contributed by atoms with Crippen LogP contribution in [0, 0.1) is 5.92 Å². The molecule has 8 heteroatoms. The Morgan fingerprint density at radius 3 is 2.21 bits per heavy atom. The average molecular weight is 342 g/mol. The highest BCUT2D eigenvalue weighted by atomic mass is 16.2. The van der Waals surface area contributed by atoms with Crippen molar-refractivity contribution in [1.29, 1.82) is 0 Å². The van der Waals surface area contributed by atoms with Gasteiger partial charge in [0.1, 0.15) is 6.04 Å². The van der Waals surface area contributed by atoms with Crippen LogP contribution in [-0.2, 0) is 19.2 Å². The summed E-state index contributed by atoms with van der Waals surface area (Å²) in [6.07, 6.45) is 2.32. The number of carbonyl (C=O) groups is 4. The fourth-order valence-electron chi connectivity index (χ4n) is 2.08. The lowest BCUT2D eigenvalue weighted by atomic mass is 10.0. The van der Waals surface area contributed by atoms with Crippen LogP contribution < -0.4 is 16.0 Å². The summed E-state index contributed by atoms with van der Waals surface area (Å²) in [7, 11) is 3.07. The van der Waals surface area contributed by atoms with Gasteiger partial charge in [0.25, 0.3) is 0 Å². The van der Waals surface area contributed by atoms with E-state index in [2.05, 4.69) is 16.0 Å². The molecular formula is C16H30N4O4. The Morgan fingerprint density at radius 2 is 1.67 bits per heavy atom. The first-order chi connectivity index (χ1) is 11.2. The van der Waals surface area contributed by atoms with Crippen molar-refractivity contribution in [3.8, 4) is 0 Å². The van der Waals surface area contributed by atoms with Crippen molar-refractivity contribution in [3.05, 3.63) is 0 Å². The third kappa shape index (κ3) is 8.50. The van der Waals surface area contributed by atoms with E-state index in [-0.39, 0.29) is 36.1 Å². The van der Waals surface area contributed by atoms with E-state index in [1.165, 1.54) is 18.9 Å². The van der Waals surface area contributed by atoms with Crippen molar-refractivity contribution in [1.82, 2.24) is 20.9 Å². The van der Waals surface area contributed by atoms with Crippen LogP contribution in [0.3, 0.4) is 0 Å². The van der Waals surface area contributed by atoms with Gasteiger partial charge in [0, 0.05) is 33.5 Å². The summed E-state index contributed by atoms with van der Waals surface area (Å²) in [5.74, 6) is -1.04. The molecule has 8 nitrogen and oxygen atoms in total. The van der Waals surface area contributed by atoms with E-state index in [0.717, 1.165) is 12.8 Å². The predicted octanol–water partition coefficient (Wildman–Crippen LogP) is -0.362. The zero-order valence-electron chi connectivity index (χ0n) is 15.3. The first-order valence-electron chi connectivity index (χ1n) is 8.20. The van der Waals surface area contributed by atoms with Gasteiger partial charge in [0.05, 0.1) is 6.54 Å². The van der Waals surface area contributed by atoms with Crippen molar-refractivity contribution >= 4 is 23.6 Å². The maximum atomic E-state index is 12.4. The Morgan fingerprint density at radius 1 is 1.04 bits per heavy atom. The summed E-state index contributed by atoms with van der Waals surface area (Å²) in [5, 5.41) is 7.62. The van der Waals surface area contributed by atoms with Crippen molar-refractivity contribution in [2.45, 2.75) is 46.1 Å². The van der Waals surface area contributed by atoms with Crippen LogP contribution in [0.1, 0.15) is 40.0 Å². The smallest absolute Gasteiger partial charge is 0.242 e. The molecule has 0 heterocycles. The molecule has 0 rings (SSSR count). The molecule has 4 amide bonds. The number of nitrogens with zero attached hydrogens (tertiary/aromatic N) is 1. The molecule has 1 unspecified atom stereocenters. The summed E-state index contributed by atoms with van der Waals surface area (Å²) in [4.78, 5) is 47.6. The summed E-state index contributed by atoms with van der Waals surface area (Å²) >= 11 is 0. The van der Waals surface area contributed by atoms with E-state index in [1.807, 2.05) is 6.92 Å². The maximum absolute atomic E-state index is 12.4. The van der Waals surface area contributed by atoms with Crippen molar-refractivity contribution < 1.29 is 19.2 Å². The van der Waals surface area contributed by atoms with Crippen LogP contribution in [-0.4, -0.2) is 61.8 Å². The predicted molar refractivity (Wildman–Crippen MR) is 91.0 cm³/mol. The number of likely N-dealkylation sites (N-methyl/N-ethyl adjacent to an activating group) is 2. The molecule has 0 saturated heterocycles. The van der Waals surface area contributed by atoms with Crippen LogP contribution in [0.2, 0.25) is 0 Å². The first-order valence-corrected chi connectivity index (χ1v) is 8.20. The minimum atomic E-state index is -0.649. The Bertz CT molecular complexity index is 453. The van der Waals surface area contributed by atoms with E-state index >= 15 is 0 Å². The Labute approximate surface area is 143 Å². The van der Waals surface area contributed by atoms with Gasteiger partial charge in [-0.15, -0.1) is 0 Å². The van der Waals surface area contributed by atoms with Gasteiger partial charge in [-0.25, -0.2) is 0 Å². The molecule has 0 aromatic heterocycles. The van der Waals surface area contributed by atoms with E-state index in [9.17, 15) is 19.2 Å². The summed E-state index contributed by atoms with van der Waals surface area (Å²) in [6.45, 7) is 5.41. The summed E-state index contributed by atoms with van der Waals surface area (Å²) < 4.78 is 0. The normalized spacial score (nSPS) is 12.7. The number of amides is 4. The fraction of sp³-hybridized carbons (Fsp3) is 0.750. The van der Waals surface area contributed by atoms with Crippen LogP contribution in [0.4, 0.5) is 0 Å². The highest BCUT2D eigenvalue weighted by Gasteiger charge is 2.25. The second kappa shape index (κ2) is 11.4. The molecule has 0 fully saturated rings. The van der Waals surface area contributed by atoms with Crippen LogP contribution in [0.15, 0.2) is 0 Å². The lowest BCUT2D eigenvalue weighted by Crippen LogP contribution is -2.49. The number of hydrogen-bond donors (Lipinski definition) is 3. The zero-order valence-corrected chi connectivity index (χ0v) is 15.3. The number of unbranched alkanes of at least 4 members (excludes halogenated alkanes) is 1. The number of nitrogens with one attached hydrogen (secondary N) is 3. The first kappa shape index (κ1) is 21.9. The van der Waals surface area contributed by atoms with Crippen molar-refractivity contribution in [2.24, 2.45) is 5.92 Å². The topological polar surface area (TPSA) is 108 Å². The van der Waals surface area contributed by atoms with Gasteiger partial charge in [-0.05, 0) is 19.8 Å².